The second-order valence-electron chi connectivity index (χ2n) is 5.67. The molecule has 1 saturated heterocycles. The first-order valence-electron chi connectivity index (χ1n) is 7.75. The number of morpholine rings is 1. The van der Waals surface area contributed by atoms with E-state index in [1.165, 1.54) is 0 Å². The predicted molar refractivity (Wildman–Crippen MR) is 85.9 cm³/mol. The Hall–Kier alpha value is -2.67. The smallest absolute Gasteiger partial charge is 0.248 e. The number of hydrogen-bond acceptors (Lipinski definition) is 5. The number of rotatable bonds is 4. The van der Waals surface area contributed by atoms with Gasteiger partial charge in [0.15, 0.2) is 6.10 Å². The number of ether oxygens (including phenoxy) is 1. The zero-order valence-corrected chi connectivity index (χ0v) is 13.4. The molecule has 1 aliphatic heterocycles. The van der Waals surface area contributed by atoms with Gasteiger partial charge in [-0.15, -0.1) is 0 Å². The highest BCUT2D eigenvalue weighted by atomic mass is 16.5. The summed E-state index contributed by atoms with van der Waals surface area (Å²) in [5.74, 6) is 0.423. The van der Waals surface area contributed by atoms with Gasteiger partial charge >= 0.3 is 0 Å². The van der Waals surface area contributed by atoms with Gasteiger partial charge in [-0.3, -0.25) is 9.59 Å². The van der Waals surface area contributed by atoms with Gasteiger partial charge in [-0.05, 0) is 19.1 Å². The van der Waals surface area contributed by atoms with Crippen molar-refractivity contribution in [3.8, 4) is 11.5 Å². The van der Waals surface area contributed by atoms with Gasteiger partial charge < -0.3 is 19.8 Å². The van der Waals surface area contributed by atoms with Crippen LogP contribution in [-0.2, 0) is 20.7 Å². The van der Waals surface area contributed by atoms with Gasteiger partial charge in [-0.25, -0.2) is 4.98 Å². The Kier molecular flexibility index (Phi) is 4.61. The summed E-state index contributed by atoms with van der Waals surface area (Å²) < 4.78 is 10.9. The molecule has 1 atom stereocenters. The number of primary amides is 1. The number of aryl methyl sites for hydroxylation is 1. The topological polar surface area (TPSA) is 98.7 Å². The normalized spacial score (nSPS) is 17.7. The molecular formula is C17H19N3O4. The van der Waals surface area contributed by atoms with Crippen LogP contribution < -0.4 is 5.73 Å². The van der Waals surface area contributed by atoms with E-state index in [0.29, 0.717) is 30.5 Å². The maximum Gasteiger partial charge on any atom is 0.248 e. The molecular weight excluding hydrogens is 310 g/mol. The molecule has 1 aromatic heterocycles. The number of benzene rings is 1. The van der Waals surface area contributed by atoms with Gasteiger partial charge in [0.05, 0.1) is 25.3 Å². The third-order valence-electron chi connectivity index (χ3n) is 3.97. The zero-order chi connectivity index (χ0) is 17.1. The summed E-state index contributed by atoms with van der Waals surface area (Å²) in [6, 6.07) is 9.51. The lowest BCUT2D eigenvalue weighted by molar-refractivity contribution is -0.145. The third kappa shape index (κ3) is 3.46. The summed E-state index contributed by atoms with van der Waals surface area (Å²) in [5, 5.41) is 0. The van der Waals surface area contributed by atoms with E-state index >= 15 is 0 Å². The molecule has 0 aliphatic carbocycles. The van der Waals surface area contributed by atoms with Gasteiger partial charge in [0, 0.05) is 12.1 Å². The molecule has 2 N–H and O–H groups in total. The number of carbonyl (C=O) groups excluding carboxylic acids is 2. The molecule has 1 aliphatic rings. The van der Waals surface area contributed by atoms with E-state index in [4.69, 9.17) is 14.9 Å². The minimum Gasteiger partial charge on any atom is -0.441 e. The SMILES string of the molecule is Cc1oc(-c2ccccc2)nc1CC(=O)N1CCO[C@@H](C(N)=O)C1. The second kappa shape index (κ2) is 6.84. The van der Waals surface area contributed by atoms with E-state index in [-0.39, 0.29) is 18.9 Å². The highest BCUT2D eigenvalue weighted by molar-refractivity contribution is 5.82. The molecule has 7 nitrogen and oxygen atoms in total. The lowest BCUT2D eigenvalue weighted by Gasteiger charge is -2.31. The van der Waals surface area contributed by atoms with E-state index < -0.39 is 12.0 Å². The van der Waals surface area contributed by atoms with Gasteiger partial charge in [0.25, 0.3) is 0 Å². The molecule has 0 spiro atoms. The number of aromatic nitrogens is 1. The molecule has 3 rings (SSSR count). The van der Waals surface area contributed by atoms with E-state index in [1.807, 2.05) is 30.3 Å². The van der Waals surface area contributed by atoms with Crippen LogP contribution in [0, 0.1) is 6.92 Å². The Morgan fingerprint density at radius 2 is 2.08 bits per heavy atom. The Morgan fingerprint density at radius 1 is 1.33 bits per heavy atom. The average Bonchev–Trinajstić information content (AvgIpc) is 2.96. The predicted octanol–water partition coefficient (Wildman–Crippen LogP) is 0.905. The maximum atomic E-state index is 12.5. The largest absolute Gasteiger partial charge is 0.441 e. The van der Waals surface area contributed by atoms with Crippen molar-refractivity contribution in [1.82, 2.24) is 9.88 Å². The fourth-order valence-corrected chi connectivity index (χ4v) is 2.60. The molecule has 2 amide bonds. The van der Waals surface area contributed by atoms with E-state index in [9.17, 15) is 9.59 Å². The van der Waals surface area contributed by atoms with Gasteiger partial charge in [0.1, 0.15) is 5.76 Å². The number of amides is 2. The molecule has 7 heteroatoms. The molecule has 0 bridgehead atoms. The summed E-state index contributed by atoms with van der Waals surface area (Å²) in [6.45, 7) is 2.70. The Bertz CT molecular complexity index is 742. The first-order chi connectivity index (χ1) is 11.5. The van der Waals surface area contributed by atoms with Crippen LogP contribution in [0.4, 0.5) is 0 Å². The molecule has 24 heavy (non-hydrogen) atoms. The molecule has 1 fully saturated rings. The summed E-state index contributed by atoms with van der Waals surface area (Å²) in [4.78, 5) is 29.7. The summed E-state index contributed by atoms with van der Waals surface area (Å²) in [7, 11) is 0. The first-order valence-corrected chi connectivity index (χ1v) is 7.75. The highest BCUT2D eigenvalue weighted by Crippen LogP contribution is 2.22. The summed E-state index contributed by atoms with van der Waals surface area (Å²) in [6.07, 6.45) is -0.630. The van der Waals surface area contributed by atoms with Crippen LogP contribution in [0.3, 0.4) is 0 Å². The molecule has 2 heterocycles. The van der Waals surface area contributed by atoms with Gasteiger partial charge in [-0.2, -0.15) is 0 Å². The van der Waals surface area contributed by atoms with Gasteiger partial charge in [0.2, 0.25) is 17.7 Å². The van der Waals surface area contributed by atoms with E-state index in [0.717, 1.165) is 5.56 Å². The van der Waals surface area contributed by atoms with Crippen LogP contribution in [0.25, 0.3) is 11.5 Å². The number of nitrogens with two attached hydrogens (primary N) is 1. The second-order valence-corrected chi connectivity index (χ2v) is 5.67. The van der Waals surface area contributed by atoms with Crippen molar-refractivity contribution in [2.24, 2.45) is 5.73 Å². The highest BCUT2D eigenvalue weighted by Gasteiger charge is 2.28. The van der Waals surface area contributed by atoms with Crippen molar-refractivity contribution in [1.29, 1.82) is 0 Å². The van der Waals surface area contributed by atoms with E-state index in [2.05, 4.69) is 4.98 Å². The number of carbonyl (C=O) groups is 2. The van der Waals surface area contributed by atoms with Crippen molar-refractivity contribution in [3.05, 3.63) is 41.8 Å². The van der Waals surface area contributed by atoms with Crippen molar-refractivity contribution in [3.63, 3.8) is 0 Å². The average molecular weight is 329 g/mol. The molecule has 1 aromatic carbocycles. The minimum atomic E-state index is -0.749. The van der Waals surface area contributed by atoms with Crippen molar-refractivity contribution >= 4 is 11.8 Å². The Labute approximate surface area is 139 Å². The fraction of sp³-hybridized carbons (Fsp3) is 0.353. The fourth-order valence-electron chi connectivity index (χ4n) is 2.60. The monoisotopic (exact) mass is 329 g/mol. The molecule has 126 valence electrons. The number of oxazole rings is 1. The van der Waals surface area contributed by atoms with Crippen LogP contribution in [0.1, 0.15) is 11.5 Å². The standard InChI is InChI=1S/C17H19N3O4/c1-11-13(19-17(24-11)12-5-3-2-4-6-12)9-15(21)20-7-8-23-14(10-20)16(18)22/h2-6,14H,7-10H2,1H3,(H2,18,22)/t14-/m1/s1. The van der Waals surface area contributed by atoms with Crippen molar-refractivity contribution in [2.75, 3.05) is 19.7 Å². The van der Waals surface area contributed by atoms with Crippen LogP contribution in [0.5, 0.6) is 0 Å². The quantitative estimate of drug-likeness (QED) is 0.899. The molecule has 2 aromatic rings. The number of nitrogens with zero attached hydrogens (tertiary/aromatic N) is 2. The van der Waals surface area contributed by atoms with E-state index in [1.54, 1.807) is 11.8 Å². The van der Waals surface area contributed by atoms with Crippen LogP contribution in [0.15, 0.2) is 34.7 Å². The number of hydrogen-bond donors (Lipinski definition) is 1. The summed E-state index contributed by atoms with van der Waals surface area (Å²) >= 11 is 0. The molecule has 0 saturated carbocycles. The third-order valence-corrected chi connectivity index (χ3v) is 3.97. The maximum absolute atomic E-state index is 12.5. The van der Waals surface area contributed by atoms with Crippen LogP contribution in [-0.4, -0.2) is 47.5 Å². The Morgan fingerprint density at radius 3 is 2.79 bits per heavy atom. The molecule has 0 unspecified atom stereocenters. The Balaban J connectivity index is 1.71. The van der Waals surface area contributed by atoms with Crippen LogP contribution >= 0.6 is 0 Å². The zero-order valence-electron chi connectivity index (χ0n) is 13.4. The first kappa shape index (κ1) is 16.2. The lowest BCUT2D eigenvalue weighted by Crippen LogP contribution is -2.50. The van der Waals surface area contributed by atoms with Gasteiger partial charge in [-0.1, -0.05) is 18.2 Å². The lowest BCUT2D eigenvalue weighted by atomic mass is 10.2. The van der Waals surface area contributed by atoms with Crippen molar-refractivity contribution in [2.45, 2.75) is 19.4 Å². The minimum absolute atomic E-state index is 0.119. The van der Waals surface area contributed by atoms with Crippen molar-refractivity contribution < 1.29 is 18.7 Å². The molecule has 0 radical (unpaired) electrons. The summed E-state index contributed by atoms with van der Waals surface area (Å²) in [5.41, 5.74) is 6.70. The van der Waals surface area contributed by atoms with Crippen LogP contribution in [0.2, 0.25) is 0 Å².